The van der Waals surface area contributed by atoms with Crippen molar-refractivity contribution < 1.29 is 4.79 Å². The highest BCUT2D eigenvalue weighted by Crippen LogP contribution is 2.18. The number of para-hydroxylation sites is 1. The number of anilines is 1. The monoisotopic (exact) mass is 242 g/mol. The molecule has 1 aromatic carbocycles. The minimum Gasteiger partial charge on any atom is -0.325 e. The van der Waals surface area contributed by atoms with E-state index in [-0.39, 0.29) is 23.7 Å². The van der Waals surface area contributed by atoms with Gasteiger partial charge in [-0.05, 0) is 17.5 Å². The third-order valence-corrected chi connectivity index (χ3v) is 2.26. The van der Waals surface area contributed by atoms with Crippen molar-refractivity contribution in [1.82, 2.24) is 0 Å². The minimum atomic E-state index is -0.502. The molecule has 0 heterocycles. The lowest BCUT2D eigenvalue weighted by Crippen LogP contribution is -2.45. The second kappa shape index (κ2) is 5.87. The topological polar surface area (TPSA) is 55.1 Å². The Bertz CT molecular complexity index is 333. The van der Waals surface area contributed by atoms with Crippen molar-refractivity contribution in [2.45, 2.75) is 26.8 Å². The van der Waals surface area contributed by atoms with Crippen LogP contribution < -0.4 is 11.1 Å². The molecule has 0 aliphatic heterocycles. The molecule has 3 N–H and O–H groups in total. The second-order valence-electron chi connectivity index (χ2n) is 4.70. The number of amides is 1. The van der Waals surface area contributed by atoms with Crippen LogP contribution in [0.25, 0.3) is 0 Å². The molecule has 1 atom stereocenters. The van der Waals surface area contributed by atoms with Gasteiger partial charge >= 0.3 is 0 Å². The first-order valence-electron chi connectivity index (χ1n) is 5.03. The first-order valence-corrected chi connectivity index (χ1v) is 5.03. The van der Waals surface area contributed by atoms with Crippen molar-refractivity contribution in [3.8, 4) is 0 Å². The summed E-state index contributed by atoms with van der Waals surface area (Å²) in [5.41, 5.74) is 6.39. The zero-order chi connectivity index (χ0) is 11.5. The first kappa shape index (κ1) is 14.9. The van der Waals surface area contributed by atoms with Crippen molar-refractivity contribution in [2.75, 3.05) is 5.32 Å². The summed E-state index contributed by atoms with van der Waals surface area (Å²) in [6.45, 7) is 5.84. The number of nitrogens with two attached hydrogens (primary N) is 1. The number of nitrogens with one attached hydrogen (secondary N) is 1. The van der Waals surface area contributed by atoms with E-state index >= 15 is 0 Å². The molecule has 1 amide bonds. The number of carbonyl (C=O) groups excluding carboxylic acids is 1. The Morgan fingerprint density at radius 3 is 2.19 bits per heavy atom. The third-order valence-electron chi connectivity index (χ3n) is 2.26. The summed E-state index contributed by atoms with van der Waals surface area (Å²) in [6, 6.07) is 8.83. The highest BCUT2D eigenvalue weighted by Gasteiger charge is 2.27. The summed E-state index contributed by atoms with van der Waals surface area (Å²) in [6.07, 6.45) is 0. The van der Waals surface area contributed by atoms with Crippen LogP contribution in [0.4, 0.5) is 5.69 Å². The molecule has 16 heavy (non-hydrogen) atoms. The van der Waals surface area contributed by atoms with E-state index in [1.807, 2.05) is 51.1 Å². The van der Waals surface area contributed by atoms with E-state index in [0.29, 0.717) is 0 Å². The highest BCUT2D eigenvalue weighted by molar-refractivity contribution is 5.95. The van der Waals surface area contributed by atoms with Gasteiger partial charge in [-0.1, -0.05) is 39.0 Å². The smallest absolute Gasteiger partial charge is 0.241 e. The van der Waals surface area contributed by atoms with Gasteiger partial charge in [0.05, 0.1) is 6.04 Å². The molecule has 0 bridgehead atoms. The fourth-order valence-corrected chi connectivity index (χ4v) is 1.13. The van der Waals surface area contributed by atoms with Gasteiger partial charge in [-0.2, -0.15) is 0 Å². The van der Waals surface area contributed by atoms with Gasteiger partial charge in [-0.15, -0.1) is 12.4 Å². The summed E-state index contributed by atoms with van der Waals surface area (Å²) >= 11 is 0. The van der Waals surface area contributed by atoms with Gasteiger partial charge in [-0.3, -0.25) is 4.79 Å². The Morgan fingerprint density at radius 1 is 1.25 bits per heavy atom. The van der Waals surface area contributed by atoms with E-state index in [1.54, 1.807) is 0 Å². The van der Waals surface area contributed by atoms with Gasteiger partial charge < -0.3 is 11.1 Å². The Labute approximate surface area is 103 Å². The SMILES string of the molecule is CC(C)(C)[C@H](N)C(=O)Nc1ccccc1.Cl. The lowest BCUT2D eigenvalue weighted by atomic mass is 9.87. The van der Waals surface area contributed by atoms with Crippen molar-refractivity contribution in [3.63, 3.8) is 0 Å². The Morgan fingerprint density at radius 2 is 1.75 bits per heavy atom. The van der Waals surface area contributed by atoms with Crippen molar-refractivity contribution in [2.24, 2.45) is 11.1 Å². The average Bonchev–Trinajstić information content (AvgIpc) is 2.16. The van der Waals surface area contributed by atoms with Gasteiger partial charge in [0.25, 0.3) is 0 Å². The molecule has 4 heteroatoms. The second-order valence-corrected chi connectivity index (χ2v) is 4.70. The number of hydrogen-bond donors (Lipinski definition) is 2. The quantitative estimate of drug-likeness (QED) is 0.837. The predicted molar refractivity (Wildman–Crippen MR) is 69.8 cm³/mol. The molecule has 0 aromatic heterocycles. The summed E-state index contributed by atoms with van der Waals surface area (Å²) in [4.78, 5) is 11.7. The molecule has 90 valence electrons. The maximum atomic E-state index is 11.7. The highest BCUT2D eigenvalue weighted by atomic mass is 35.5. The van der Waals surface area contributed by atoms with Gasteiger partial charge in [0.15, 0.2) is 0 Å². The van der Waals surface area contributed by atoms with Crippen LogP contribution >= 0.6 is 12.4 Å². The molecule has 0 fully saturated rings. The lowest BCUT2D eigenvalue weighted by Gasteiger charge is -2.25. The molecule has 3 nitrogen and oxygen atoms in total. The number of rotatable bonds is 2. The number of hydrogen-bond acceptors (Lipinski definition) is 2. The molecular formula is C12H19ClN2O. The van der Waals surface area contributed by atoms with E-state index in [1.165, 1.54) is 0 Å². The van der Waals surface area contributed by atoms with Crippen molar-refractivity contribution >= 4 is 24.0 Å². The Balaban J connectivity index is 0.00000225. The van der Waals surface area contributed by atoms with Crippen molar-refractivity contribution in [1.29, 1.82) is 0 Å². The molecule has 0 saturated heterocycles. The van der Waals surface area contributed by atoms with E-state index in [0.717, 1.165) is 5.69 Å². The number of carbonyl (C=O) groups is 1. The largest absolute Gasteiger partial charge is 0.325 e. The molecule has 0 aliphatic carbocycles. The fraction of sp³-hybridized carbons (Fsp3) is 0.417. The van der Waals surface area contributed by atoms with Gasteiger partial charge in [-0.25, -0.2) is 0 Å². The van der Waals surface area contributed by atoms with Crippen molar-refractivity contribution in [3.05, 3.63) is 30.3 Å². The van der Waals surface area contributed by atoms with E-state index in [4.69, 9.17) is 5.73 Å². The maximum Gasteiger partial charge on any atom is 0.241 e. The molecular weight excluding hydrogens is 224 g/mol. The standard InChI is InChI=1S/C12H18N2O.ClH/c1-12(2,3)10(13)11(15)14-9-7-5-4-6-8-9;/h4-8,10H,13H2,1-3H3,(H,14,15);1H/t10-;/m1./s1. The van der Waals surface area contributed by atoms with E-state index < -0.39 is 6.04 Å². The van der Waals surface area contributed by atoms with Crippen LogP contribution in [0, 0.1) is 5.41 Å². The number of halogens is 1. The van der Waals surface area contributed by atoms with E-state index in [2.05, 4.69) is 5.32 Å². The summed E-state index contributed by atoms with van der Waals surface area (Å²) in [7, 11) is 0. The fourth-order valence-electron chi connectivity index (χ4n) is 1.13. The molecule has 0 unspecified atom stereocenters. The van der Waals surface area contributed by atoms with Gasteiger partial charge in [0, 0.05) is 5.69 Å². The summed E-state index contributed by atoms with van der Waals surface area (Å²) < 4.78 is 0. The normalized spacial score (nSPS) is 12.5. The van der Waals surface area contributed by atoms with Crippen LogP contribution in [-0.4, -0.2) is 11.9 Å². The third kappa shape index (κ3) is 4.21. The zero-order valence-corrected chi connectivity index (χ0v) is 10.7. The molecule has 0 radical (unpaired) electrons. The molecule has 0 spiro atoms. The average molecular weight is 243 g/mol. The molecule has 0 saturated carbocycles. The van der Waals surface area contributed by atoms with Crippen LogP contribution in [0.5, 0.6) is 0 Å². The molecule has 1 rings (SSSR count). The zero-order valence-electron chi connectivity index (χ0n) is 9.86. The van der Waals surface area contributed by atoms with Crippen LogP contribution in [0.2, 0.25) is 0 Å². The van der Waals surface area contributed by atoms with Crippen LogP contribution in [0.3, 0.4) is 0 Å². The first-order chi connectivity index (χ1) is 6.91. The predicted octanol–water partition coefficient (Wildman–Crippen LogP) is 2.42. The molecule has 0 aliphatic rings. The van der Waals surface area contributed by atoms with Crippen LogP contribution in [0.15, 0.2) is 30.3 Å². The summed E-state index contributed by atoms with van der Waals surface area (Å²) in [5, 5.41) is 2.78. The Kier molecular flexibility index (Phi) is 5.48. The van der Waals surface area contributed by atoms with Crippen LogP contribution in [-0.2, 0) is 4.79 Å². The molecule has 1 aromatic rings. The van der Waals surface area contributed by atoms with Crippen LogP contribution in [0.1, 0.15) is 20.8 Å². The lowest BCUT2D eigenvalue weighted by molar-refractivity contribution is -0.119. The number of benzene rings is 1. The van der Waals surface area contributed by atoms with E-state index in [9.17, 15) is 4.79 Å². The van der Waals surface area contributed by atoms with Gasteiger partial charge in [0.2, 0.25) is 5.91 Å². The summed E-state index contributed by atoms with van der Waals surface area (Å²) in [5.74, 6) is -0.145. The maximum absolute atomic E-state index is 11.7. The Hall–Kier alpha value is -1.06. The minimum absolute atomic E-state index is 0. The van der Waals surface area contributed by atoms with Gasteiger partial charge in [0.1, 0.15) is 0 Å².